The Morgan fingerprint density at radius 1 is 0.311 bits per heavy atom. The van der Waals surface area contributed by atoms with Crippen molar-refractivity contribution < 1.29 is 9.47 Å². The molecule has 0 N–H and O–H groups in total. The molecule has 0 aliphatic carbocycles. The lowest BCUT2D eigenvalue weighted by molar-refractivity contribution is 0.465. The summed E-state index contributed by atoms with van der Waals surface area (Å²) in [7, 11) is 0. The van der Waals surface area contributed by atoms with Gasteiger partial charge < -0.3 is 28.4 Å². The summed E-state index contributed by atoms with van der Waals surface area (Å²) in [5, 5.41) is 4.91. The van der Waals surface area contributed by atoms with Crippen LogP contribution in [0, 0.1) is 0 Å². The summed E-state index contributed by atoms with van der Waals surface area (Å²) in [6.07, 6.45) is 0. The quantitative estimate of drug-likeness (QED) is 0.161. The van der Waals surface area contributed by atoms with E-state index in [1.807, 2.05) is 0 Å². The number of nitrogens with zero attached hydrogens (tertiary/aromatic N) is 4. The van der Waals surface area contributed by atoms with Crippen molar-refractivity contribution >= 4 is 124 Å². The van der Waals surface area contributed by atoms with E-state index in [0.717, 1.165) is 101 Å². The zero-order chi connectivity index (χ0) is 48.2. The Bertz CT molecular complexity index is 4440. The number of benzene rings is 11. The maximum Gasteiger partial charge on any atom is 0.256 e. The Morgan fingerprint density at radius 3 is 1.50 bits per heavy atom. The van der Waals surface area contributed by atoms with Gasteiger partial charge in [-0.15, -0.1) is 0 Å². The molecule has 11 aromatic carbocycles. The summed E-state index contributed by atoms with van der Waals surface area (Å²) in [5.74, 6) is 3.27. The van der Waals surface area contributed by atoms with Gasteiger partial charge in [0.1, 0.15) is 23.0 Å². The van der Waals surface area contributed by atoms with E-state index in [9.17, 15) is 0 Å². The van der Waals surface area contributed by atoms with Crippen LogP contribution >= 0.6 is 0 Å². The van der Waals surface area contributed by atoms with E-state index in [1.165, 1.54) is 43.5 Å². The Hall–Kier alpha value is -9.65. The summed E-state index contributed by atoms with van der Waals surface area (Å²) in [6, 6.07) is 88.1. The maximum absolute atomic E-state index is 7.45. The number of hydrogen-bond acceptors (Lipinski definition) is 4. The van der Waals surface area contributed by atoms with Crippen LogP contribution in [-0.4, -0.2) is 22.6 Å². The second-order valence-corrected chi connectivity index (χ2v) is 20.0. The zero-order valence-electron chi connectivity index (χ0n) is 39.9. The van der Waals surface area contributed by atoms with Gasteiger partial charge in [-0.1, -0.05) is 152 Å². The molecule has 0 saturated carbocycles. The highest BCUT2D eigenvalue weighted by atomic mass is 16.5. The Kier molecular flexibility index (Phi) is 8.08. The van der Waals surface area contributed by atoms with Gasteiger partial charge in [0.15, 0.2) is 0 Å². The number of aromatic nitrogens is 2. The van der Waals surface area contributed by atoms with Crippen LogP contribution in [0.15, 0.2) is 243 Å². The Morgan fingerprint density at radius 2 is 0.824 bits per heavy atom. The lowest BCUT2D eigenvalue weighted by atomic mass is 9.31. The molecule has 0 amide bonds. The van der Waals surface area contributed by atoms with Gasteiger partial charge in [-0.3, -0.25) is 0 Å². The van der Waals surface area contributed by atoms with Crippen molar-refractivity contribution in [1.29, 1.82) is 0 Å². The molecule has 0 fully saturated rings. The van der Waals surface area contributed by atoms with E-state index in [1.54, 1.807) is 0 Å². The van der Waals surface area contributed by atoms with Crippen molar-refractivity contribution in [3.05, 3.63) is 243 Å². The fraction of sp³-hybridized carbons (Fsp3) is 0. The molecular weight excluding hydrogens is 902 g/mol. The number of rotatable bonds is 5. The van der Waals surface area contributed by atoms with Crippen molar-refractivity contribution in [2.75, 3.05) is 9.80 Å². The van der Waals surface area contributed by atoms with Crippen LogP contribution in [0.4, 0.5) is 34.1 Å². The Balaban J connectivity index is 0.928. The highest BCUT2D eigenvalue weighted by molar-refractivity contribution is 7.02. The number of para-hydroxylation sites is 8. The van der Waals surface area contributed by atoms with Crippen molar-refractivity contribution in [1.82, 2.24) is 9.13 Å². The summed E-state index contributed by atoms with van der Waals surface area (Å²) in [6.45, 7) is -0.250. The maximum atomic E-state index is 7.45. The molecule has 0 bridgehead atoms. The molecule has 0 spiro atoms. The van der Waals surface area contributed by atoms with Gasteiger partial charge in [0, 0.05) is 79.4 Å². The fourth-order valence-electron chi connectivity index (χ4n) is 13.2. The molecule has 342 valence electrons. The highest BCUT2D eigenvalue weighted by Crippen LogP contribution is 2.47. The predicted octanol–water partition coefficient (Wildman–Crippen LogP) is 12.7. The summed E-state index contributed by atoms with van der Waals surface area (Å²) >= 11 is 0. The monoisotopic (exact) mass is 942 g/mol. The van der Waals surface area contributed by atoms with Crippen molar-refractivity contribution in [3.63, 3.8) is 0 Å². The zero-order valence-corrected chi connectivity index (χ0v) is 39.9. The van der Waals surface area contributed by atoms with Crippen LogP contribution < -0.4 is 52.1 Å². The van der Waals surface area contributed by atoms with Gasteiger partial charge in [-0.25, -0.2) is 0 Å². The molecule has 6 nitrogen and oxygen atoms in total. The molecule has 8 heteroatoms. The minimum Gasteiger partial charge on any atom is -0.458 e. The van der Waals surface area contributed by atoms with Gasteiger partial charge >= 0.3 is 0 Å². The molecule has 4 aliphatic heterocycles. The molecule has 0 atom stereocenters. The first-order valence-electron chi connectivity index (χ1n) is 25.5. The average Bonchev–Trinajstić information content (AvgIpc) is 3.98. The van der Waals surface area contributed by atoms with E-state index >= 15 is 0 Å². The summed E-state index contributed by atoms with van der Waals surface area (Å²) in [4.78, 5) is 4.78. The van der Waals surface area contributed by atoms with E-state index in [-0.39, 0.29) is 13.4 Å². The SMILES string of the molecule is c1ccc(N(c2ccccc2)c2cc3c4c(c2)-n2c5ccccc5c5cccc(c52)B4c2cc4c(cc2O3)Oc2cc(-n3c5ccccc5c5ccccc53)cc3c2B4c2ccccc2N3c2ccccc2)cc1. The molecule has 13 aromatic rings. The molecular formula is C66H40B2N4O2. The average molecular weight is 943 g/mol. The normalized spacial score (nSPS) is 13.3. The molecule has 4 aliphatic rings. The van der Waals surface area contributed by atoms with Crippen LogP contribution in [0.3, 0.4) is 0 Å². The molecule has 0 saturated heterocycles. The van der Waals surface area contributed by atoms with Crippen LogP contribution in [0.5, 0.6) is 23.0 Å². The van der Waals surface area contributed by atoms with Crippen LogP contribution in [0.1, 0.15) is 0 Å². The van der Waals surface area contributed by atoms with E-state index in [4.69, 9.17) is 9.47 Å². The predicted molar refractivity (Wildman–Crippen MR) is 307 cm³/mol. The second-order valence-electron chi connectivity index (χ2n) is 20.0. The largest absolute Gasteiger partial charge is 0.458 e. The van der Waals surface area contributed by atoms with Gasteiger partial charge in [-0.2, -0.15) is 0 Å². The van der Waals surface area contributed by atoms with E-state index in [0.29, 0.717) is 0 Å². The first-order valence-corrected chi connectivity index (χ1v) is 25.5. The molecule has 6 heterocycles. The van der Waals surface area contributed by atoms with Crippen molar-refractivity contribution in [2.45, 2.75) is 0 Å². The summed E-state index contributed by atoms with van der Waals surface area (Å²) < 4.78 is 19.8. The second kappa shape index (κ2) is 14.9. The molecule has 0 unspecified atom stereocenters. The fourth-order valence-corrected chi connectivity index (χ4v) is 13.2. The van der Waals surface area contributed by atoms with Crippen LogP contribution in [0.2, 0.25) is 0 Å². The smallest absolute Gasteiger partial charge is 0.256 e. The number of anilines is 6. The van der Waals surface area contributed by atoms with E-state index < -0.39 is 0 Å². The first-order chi connectivity index (χ1) is 36.7. The lowest BCUT2D eigenvalue weighted by Gasteiger charge is -2.41. The number of fused-ring (bicyclic) bond motifs is 14. The Labute approximate surface area is 427 Å². The minimum atomic E-state index is -0.128. The molecule has 74 heavy (non-hydrogen) atoms. The van der Waals surface area contributed by atoms with Gasteiger partial charge in [0.05, 0.1) is 27.9 Å². The molecule has 17 rings (SSSR count). The van der Waals surface area contributed by atoms with Gasteiger partial charge in [0.2, 0.25) is 0 Å². The van der Waals surface area contributed by atoms with Crippen molar-refractivity contribution in [2.24, 2.45) is 0 Å². The van der Waals surface area contributed by atoms with Gasteiger partial charge in [0.25, 0.3) is 13.4 Å². The third-order valence-corrected chi connectivity index (χ3v) is 16.1. The standard InChI is InChI=1S/C66H40B2N4O2/c1-4-19-41(20-5-1)69(42-21-6-2-7-22-42)44-35-59-65-62(37-44)74-61-40-60-52(39-53(61)68(65)51-30-18-28-49-48-27-12-16-33-56(48)72(59)66(49)51)67-50-29-13-17-34-57(50)70(43-23-8-3-9-24-43)58-36-45(38-63(73-60)64(58)67)71-54-31-14-10-25-46(54)47-26-11-15-32-55(47)71/h1-40H. The van der Waals surface area contributed by atoms with Crippen LogP contribution in [-0.2, 0) is 0 Å². The first kappa shape index (κ1) is 40.0. The third kappa shape index (κ3) is 5.41. The van der Waals surface area contributed by atoms with Gasteiger partial charge in [-0.05, 0) is 106 Å². The number of ether oxygens (including phenoxy) is 2. The van der Waals surface area contributed by atoms with Crippen molar-refractivity contribution in [3.8, 4) is 34.4 Å². The lowest BCUT2D eigenvalue weighted by Crippen LogP contribution is -2.63. The highest BCUT2D eigenvalue weighted by Gasteiger charge is 2.46. The number of hydrogen-bond donors (Lipinski definition) is 0. The van der Waals surface area contributed by atoms with Crippen LogP contribution in [0.25, 0.3) is 55.0 Å². The van der Waals surface area contributed by atoms with E-state index in [2.05, 4.69) is 262 Å². The minimum absolute atomic E-state index is 0.122. The topological polar surface area (TPSA) is 34.8 Å². The molecule has 2 aromatic heterocycles. The third-order valence-electron chi connectivity index (χ3n) is 16.1. The molecule has 0 radical (unpaired) electrons. The summed E-state index contributed by atoms with van der Waals surface area (Å²) in [5.41, 5.74) is 20.4.